The lowest BCUT2D eigenvalue weighted by Crippen LogP contribution is -2.27. The number of carbonyl (C=O) groups is 1. The lowest BCUT2D eigenvalue weighted by Gasteiger charge is -2.08. The molecule has 0 atom stereocenters. The third kappa shape index (κ3) is 3.32. The van der Waals surface area contributed by atoms with E-state index in [1.54, 1.807) is 48.5 Å². The number of aryl methyl sites for hydroxylation is 1. The van der Waals surface area contributed by atoms with Crippen LogP contribution in [0.2, 0.25) is 0 Å². The molecule has 0 aliphatic carbocycles. The summed E-state index contributed by atoms with van der Waals surface area (Å²) in [4.78, 5) is 24.7. The largest absolute Gasteiger partial charge is 0.508 e. The van der Waals surface area contributed by atoms with Gasteiger partial charge in [-0.2, -0.15) is 10.2 Å². The lowest BCUT2D eigenvalue weighted by atomic mass is 10.1. The van der Waals surface area contributed by atoms with Crippen LogP contribution in [0.5, 0.6) is 5.75 Å². The first-order valence-corrected chi connectivity index (χ1v) is 8.13. The first-order chi connectivity index (χ1) is 12.5. The molecule has 7 nitrogen and oxygen atoms in total. The average Bonchev–Trinajstić information content (AvgIpc) is 2.66. The molecule has 0 bridgehead atoms. The number of phenols is 1. The second-order valence-electron chi connectivity index (χ2n) is 5.72. The molecule has 1 aromatic heterocycles. The SMILES string of the molecule is CC/C(=N\NC(=O)c1nn(C)c(=O)c2ccccc12)c1ccc(O)cc1. The van der Waals surface area contributed by atoms with Crippen LogP contribution >= 0.6 is 0 Å². The first kappa shape index (κ1) is 17.3. The molecule has 1 heterocycles. The molecule has 3 aromatic rings. The van der Waals surface area contributed by atoms with Crippen LogP contribution < -0.4 is 11.0 Å². The Bertz CT molecular complexity index is 1050. The predicted molar refractivity (Wildman–Crippen MR) is 99.4 cm³/mol. The standard InChI is InChI=1S/C19H18N4O3/c1-3-16(12-8-10-13(24)11-9-12)20-21-18(25)17-14-6-4-5-7-15(14)19(26)23(2)22-17/h4-11,24H,3H2,1-2H3,(H,21,25)/b20-16+. The summed E-state index contributed by atoms with van der Waals surface area (Å²) in [6.45, 7) is 1.91. The van der Waals surface area contributed by atoms with Gasteiger partial charge in [0.2, 0.25) is 0 Å². The minimum absolute atomic E-state index is 0.132. The summed E-state index contributed by atoms with van der Waals surface area (Å²) in [5, 5.41) is 18.5. The zero-order valence-electron chi connectivity index (χ0n) is 14.4. The normalized spacial score (nSPS) is 11.5. The van der Waals surface area contributed by atoms with Crippen molar-refractivity contribution < 1.29 is 9.90 Å². The van der Waals surface area contributed by atoms with E-state index in [4.69, 9.17) is 0 Å². The summed E-state index contributed by atoms with van der Waals surface area (Å²) < 4.78 is 1.14. The summed E-state index contributed by atoms with van der Waals surface area (Å²) in [5.74, 6) is -0.337. The topological polar surface area (TPSA) is 96.6 Å². The first-order valence-electron chi connectivity index (χ1n) is 8.13. The van der Waals surface area contributed by atoms with Gasteiger partial charge in [0.05, 0.1) is 11.1 Å². The van der Waals surface area contributed by atoms with Crippen molar-refractivity contribution in [2.24, 2.45) is 12.1 Å². The highest BCUT2D eigenvalue weighted by atomic mass is 16.3. The van der Waals surface area contributed by atoms with E-state index in [-0.39, 0.29) is 17.0 Å². The highest BCUT2D eigenvalue weighted by molar-refractivity contribution is 6.06. The maximum Gasteiger partial charge on any atom is 0.292 e. The number of amides is 1. The van der Waals surface area contributed by atoms with Crippen LogP contribution in [0.15, 0.2) is 58.4 Å². The molecule has 3 rings (SSSR count). The number of benzene rings is 2. The van der Waals surface area contributed by atoms with Gasteiger partial charge in [0.25, 0.3) is 11.5 Å². The second-order valence-corrected chi connectivity index (χ2v) is 5.72. The van der Waals surface area contributed by atoms with Gasteiger partial charge in [-0.05, 0) is 42.3 Å². The zero-order valence-corrected chi connectivity index (χ0v) is 14.4. The number of hydrogen-bond acceptors (Lipinski definition) is 5. The Kier molecular flexibility index (Phi) is 4.79. The van der Waals surface area contributed by atoms with Gasteiger partial charge in [-0.25, -0.2) is 10.1 Å². The van der Waals surface area contributed by atoms with E-state index in [0.717, 1.165) is 10.2 Å². The highest BCUT2D eigenvalue weighted by Gasteiger charge is 2.15. The Morgan fingerprint density at radius 3 is 2.46 bits per heavy atom. The lowest BCUT2D eigenvalue weighted by molar-refractivity contribution is 0.0949. The molecule has 0 fully saturated rings. The van der Waals surface area contributed by atoms with Crippen molar-refractivity contribution in [3.8, 4) is 5.75 Å². The highest BCUT2D eigenvalue weighted by Crippen LogP contribution is 2.14. The summed E-state index contributed by atoms with van der Waals surface area (Å²) >= 11 is 0. The van der Waals surface area contributed by atoms with Gasteiger partial charge < -0.3 is 5.11 Å². The Labute approximate surface area is 149 Å². The number of nitrogens with one attached hydrogen (secondary N) is 1. The van der Waals surface area contributed by atoms with E-state index in [1.807, 2.05) is 6.92 Å². The maximum absolute atomic E-state index is 12.6. The molecule has 0 saturated heterocycles. The fourth-order valence-electron chi connectivity index (χ4n) is 2.64. The van der Waals surface area contributed by atoms with Crippen LogP contribution in [0, 0.1) is 0 Å². The molecular formula is C19H18N4O3. The number of fused-ring (bicyclic) bond motifs is 1. The van der Waals surface area contributed by atoms with Crippen LogP contribution in [0.4, 0.5) is 0 Å². The number of phenolic OH excluding ortho intramolecular Hbond substituents is 1. The van der Waals surface area contributed by atoms with Crippen molar-refractivity contribution in [3.63, 3.8) is 0 Å². The van der Waals surface area contributed by atoms with Gasteiger partial charge >= 0.3 is 0 Å². The van der Waals surface area contributed by atoms with Crippen molar-refractivity contribution in [2.45, 2.75) is 13.3 Å². The molecule has 2 aromatic carbocycles. The third-order valence-corrected chi connectivity index (χ3v) is 4.00. The summed E-state index contributed by atoms with van der Waals surface area (Å²) in [5.41, 5.74) is 3.83. The van der Waals surface area contributed by atoms with Gasteiger partial charge in [-0.1, -0.05) is 25.1 Å². The van der Waals surface area contributed by atoms with E-state index < -0.39 is 5.91 Å². The molecule has 0 saturated carbocycles. The molecule has 1 amide bonds. The molecule has 7 heteroatoms. The van der Waals surface area contributed by atoms with E-state index in [1.165, 1.54) is 7.05 Å². The molecule has 0 aliphatic rings. The van der Waals surface area contributed by atoms with Gasteiger partial charge in [0.1, 0.15) is 5.75 Å². The smallest absolute Gasteiger partial charge is 0.292 e. The maximum atomic E-state index is 12.6. The third-order valence-electron chi connectivity index (χ3n) is 4.00. The van der Waals surface area contributed by atoms with E-state index in [0.29, 0.717) is 22.9 Å². The zero-order chi connectivity index (χ0) is 18.7. The number of hydrogen-bond donors (Lipinski definition) is 2. The summed E-state index contributed by atoms with van der Waals surface area (Å²) in [6, 6.07) is 13.4. The van der Waals surface area contributed by atoms with Gasteiger partial charge in [-0.3, -0.25) is 9.59 Å². The minimum atomic E-state index is -0.499. The number of hydrazone groups is 1. The van der Waals surface area contributed by atoms with Crippen LogP contribution in [0.3, 0.4) is 0 Å². The molecule has 26 heavy (non-hydrogen) atoms. The van der Waals surface area contributed by atoms with Crippen LogP contribution in [-0.2, 0) is 7.05 Å². The molecule has 0 radical (unpaired) electrons. The quantitative estimate of drug-likeness (QED) is 0.557. The van der Waals surface area contributed by atoms with E-state index in [9.17, 15) is 14.7 Å². The van der Waals surface area contributed by atoms with E-state index >= 15 is 0 Å². The van der Waals surface area contributed by atoms with Crippen molar-refractivity contribution >= 4 is 22.4 Å². The van der Waals surface area contributed by atoms with Crippen molar-refractivity contribution in [1.82, 2.24) is 15.2 Å². The molecule has 0 spiro atoms. The Morgan fingerprint density at radius 1 is 1.15 bits per heavy atom. The fourth-order valence-corrected chi connectivity index (χ4v) is 2.64. The van der Waals surface area contributed by atoms with Crippen molar-refractivity contribution in [1.29, 1.82) is 0 Å². The number of aromatic hydroxyl groups is 1. The van der Waals surface area contributed by atoms with Gasteiger partial charge in [0, 0.05) is 12.4 Å². The number of rotatable bonds is 4. The summed E-state index contributed by atoms with van der Waals surface area (Å²) in [6.07, 6.45) is 0.590. The van der Waals surface area contributed by atoms with Crippen LogP contribution in [-0.4, -0.2) is 26.5 Å². The van der Waals surface area contributed by atoms with Crippen LogP contribution in [0.1, 0.15) is 29.4 Å². The Balaban J connectivity index is 1.95. The minimum Gasteiger partial charge on any atom is -0.508 e. The van der Waals surface area contributed by atoms with Gasteiger partial charge in [0.15, 0.2) is 5.69 Å². The number of nitrogens with zero attached hydrogens (tertiary/aromatic N) is 3. The van der Waals surface area contributed by atoms with Crippen LogP contribution in [0.25, 0.3) is 10.8 Å². The average molecular weight is 350 g/mol. The van der Waals surface area contributed by atoms with Crippen molar-refractivity contribution in [2.75, 3.05) is 0 Å². The Hall–Kier alpha value is -3.48. The Morgan fingerprint density at radius 2 is 1.81 bits per heavy atom. The van der Waals surface area contributed by atoms with Gasteiger partial charge in [-0.15, -0.1) is 0 Å². The predicted octanol–water partition coefficient (Wildman–Crippen LogP) is 2.18. The number of carbonyl (C=O) groups excluding carboxylic acids is 1. The van der Waals surface area contributed by atoms with E-state index in [2.05, 4.69) is 15.6 Å². The molecular weight excluding hydrogens is 332 g/mol. The summed E-state index contributed by atoms with van der Waals surface area (Å²) in [7, 11) is 1.50. The molecule has 0 unspecified atom stereocenters. The molecule has 2 N–H and O–H groups in total. The fraction of sp³-hybridized carbons (Fsp3) is 0.158. The monoisotopic (exact) mass is 350 g/mol. The second kappa shape index (κ2) is 7.18. The molecule has 0 aliphatic heterocycles. The number of aromatic nitrogens is 2. The van der Waals surface area contributed by atoms with Crippen molar-refractivity contribution in [3.05, 3.63) is 70.1 Å². The molecule has 132 valence electrons.